The number of nitrogens with one attached hydrogen (secondary N) is 1. The molecule has 1 aromatic rings. The Hall–Kier alpha value is -2.10. The minimum atomic E-state index is -0.969. The molecule has 0 bridgehead atoms. The van der Waals surface area contributed by atoms with Crippen LogP contribution in [0.3, 0.4) is 0 Å². The van der Waals surface area contributed by atoms with Gasteiger partial charge < -0.3 is 10.4 Å². The molecule has 2 atom stereocenters. The number of rotatable bonds is 4. The second-order valence-corrected chi connectivity index (χ2v) is 5.92. The molecule has 2 aliphatic rings. The van der Waals surface area contributed by atoms with Gasteiger partial charge in [0.15, 0.2) is 0 Å². The maximum atomic E-state index is 12.2. The summed E-state index contributed by atoms with van der Waals surface area (Å²) in [5, 5.41) is 11.5. The second-order valence-electron chi connectivity index (χ2n) is 5.92. The molecule has 2 aliphatic carbocycles. The van der Waals surface area contributed by atoms with Gasteiger partial charge in [0, 0.05) is 17.7 Å². The van der Waals surface area contributed by atoms with Crippen LogP contribution in [-0.4, -0.2) is 17.0 Å². The Balaban J connectivity index is 1.58. The third kappa shape index (κ3) is 3.15. The van der Waals surface area contributed by atoms with Crippen molar-refractivity contribution >= 4 is 23.6 Å². The molecule has 21 heavy (non-hydrogen) atoms. The molecule has 1 aromatic carbocycles. The van der Waals surface area contributed by atoms with Gasteiger partial charge in [-0.1, -0.05) is 25.0 Å². The zero-order valence-electron chi connectivity index (χ0n) is 11.8. The first-order valence-electron chi connectivity index (χ1n) is 7.47. The number of hydrogen-bond donors (Lipinski definition) is 2. The SMILES string of the molecule is O=C(O)/C=C/c1ccc(NC(=O)C2C3CCCCC32)cc1. The van der Waals surface area contributed by atoms with Crippen LogP contribution >= 0.6 is 0 Å². The third-order valence-corrected chi connectivity index (χ3v) is 4.56. The van der Waals surface area contributed by atoms with Crippen molar-refractivity contribution in [3.63, 3.8) is 0 Å². The molecule has 0 saturated heterocycles. The number of carbonyl (C=O) groups excluding carboxylic acids is 1. The van der Waals surface area contributed by atoms with Crippen molar-refractivity contribution in [3.05, 3.63) is 35.9 Å². The van der Waals surface area contributed by atoms with Crippen molar-refractivity contribution in [2.45, 2.75) is 25.7 Å². The summed E-state index contributed by atoms with van der Waals surface area (Å²) in [4.78, 5) is 22.7. The zero-order valence-corrected chi connectivity index (χ0v) is 11.8. The largest absolute Gasteiger partial charge is 0.478 e. The topological polar surface area (TPSA) is 66.4 Å². The highest BCUT2D eigenvalue weighted by Crippen LogP contribution is 2.55. The molecule has 2 unspecified atom stereocenters. The predicted molar refractivity (Wildman–Crippen MR) is 80.7 cm³/mol. The van der Waals surface area contributed by atoms with E-state index in [0.29, 0.717) is 11.8 Å². The highest BCUT2D eigenvalue weighted by molar-refractivity contribution is 5.95. The number of hydrogen-bond acceptors (Lipinski definition) is 2. The van der Waals surface area contributed by atoms with Crippen molar-refractivity contribution in [3.8, 4) is 0 Å². The average molecular weight is 285 g/mol. The number of fused-ring (bicyclic) bond motifs is 1. The molecule has 110 valence electrons. The van der Waals surface area contributed by atoms with Gasteiger partial charge >= 0.3 is 5.97 Å². The smallest absolute Gasteiger partial charge is 0.328 e. The van der Waals surface area contributed by atoms with Crippen LogP contribution in [0.5, 0.6) is 0 Å². The first kappa shape index (κ1) is 13.9. The van der Waals surface area contributed by atoms with Crippen LogP contribution in [-0.2, 0) is 9.59 Å². The van der Waals surface area contributed by atoms with Gasteiger partial charge in [-0.25, -0.2) is 4.79 Å². The third-order valence-electron chi connectivity index (χ3n) is 4.56. The lowest BCUT2D eigenvalue weighted by Gasteiger charge is -2.05. The van der Waals surface area contributed by atoms with Gasteiger partial charge in [-0.2, -0.15) is 0 Å². The van der Waals surface area contributed by atoms with Crippen LogP contribution in [0.15, 0.2) is 30.3 Å². The first-order chi connectivity index (χ1) is 10.1. The second kappa shape index (κ2) is 5.72. The Labute approximate surface area is 123 Å². The fourth-order valence-corrected chi connectivity index (χ4v) is 3.45. The van der Waals surface area contributed by atoms with Gasteiger partial charge in [-0.15, -0.1) is 0 Å². The van der Waals surface area contributed by atoms with Crippen LogP contribution in [0.4, 0.5) is 5.69 Å². The summed E-state index contributed by atoms with van der Waals surface area (Å²) in [6.45, 7) is 0. The van der Waals surface area contributed by atoms with E-state index in [1.54, 1.807) is 12.1 Å². The number of anilines is 1. The zero-order chi connectivity index (χ0) is 14.8. The van der Waals surface area contributed by atoms with Gasteiger partial charge in [0.1, 0.15) is 0 Å². The van der Waals surface area contributed by atoms with E-state index in [-0.39, 0.29) is 11.8 Å². The minimum Gasteiger partial charge on any atom is -0.478 e. The van der Waals surface area contributed by atoms with Crippen LogP contribution in [0.2, 0.25) is 0 Å². The molecule has 4 nitrogen and oxygen atoms in total. The molecule has 0 radical (unpaired) electrons. The van der Waals surface area contributed by atoms with Gasteiger partial charge in [0.05, 0.1) is 0 Å². The van der Waals surface area contributed by atoms with E-state index in [0.717, 1.165) is 17.3 Å². The number of carboxylic acid groups (broad SMARTS) is 1. The summed E-state index contributed by atoms with van der Waals surface area (Å²) >= 11 is 0. The van der Waals surface area contributed by atoms with E-state index in [2.05, 4.69) is 5.32 Å². The lowest BCUT2D eigenvalue weighted by atomic mass is 10.0. The van der Waals surface area contributed by atoms with Crippen LogP contribution in [0.1, 0.15) is 31.2 Å². The van der Waals surface area contributed by atoms with E-state index in [4.69, 9.17) is 5.11 Å². The van der Waals surface area contributed by atoms with Crippen molar-refractivity contribution in [2.24, 2.45) is 17.8 Å². The molecular formula is C17H19NO3. The van der Waals surface area contributed by atoms with Crippen molar-refractivity contribution in [1.29, 1.82) is 0 Å². The fourth-order valence-electron chi connectivity index (χ4n) is 3.45. The van der Waals surface area contributed by atoms with E-state index < -0.39 is 5.97 Å². The predicted octanol–water partition coefficient (Wildman–Crippen LogP) is 3.16. The van der Waals surface area contributed by atoms with Gasteiger partial charge in [-0.05, 0) is 48.4 Å². The van der Waals surface area contributed by atoms with E-state index in [1.165, 1.54) is 31.8 Å². The Bertz CT molecular complexity index is 564. The molecule has 3 rings (SSSR count). The summed E-state index contributed by atoms with van der Waals surface area (Å²) in [7, 11) is 0. The molecular weight excluding hydrogens is 266 g/mol. The van der Waals surface area contributed by atoms with Gasteiger partial charge in [0.25, 0.3) is 0 Å². The Morgan fingerprint density at radius 1 is 1.10 bits per heavy atom. The van der Waals surface area contributed by atoms with Crippen LogP contribution in [0.25, 0.3) is 6.08 Å². The highest BCUT2D eigenvalue weighted by atomic mass is 16.4. The van der Waals surface area contributed by atoms with E-state index in [1.807, 2.05) is 12.1 Å². The fraction of sp³-hybridized carbons (Fsp3) is 0.412. The monoisotopic (exact) mass is 285 g/mol. The quantitative estimate of drug-likeness (QED) is 0.835. The summed E-state index contributed by atoms with van der Waals surface area (Å²) in [6.07, 6.45) is 7.54. The average Bonchev–Trinajstić information content (AvgIpc) is 3.21. The van der Waals surface area contributed by atoms with Crippen molar-refractivity contribution in [1.82, 2.24) is 0 Å². The van der Waals surface area contributed by atoms with Gasteiger partial charge in [-0.3, -0.25) is 4.79 Å². The van der Waals surface area contributed by atoms with Gasteiger partial charge in [0.2, 0.25) is 5.91 Å². The molecule has 0 aromatic heterocycles. The summed E-state index contributed by atoms with van der Waals surface area (Å²) in [5.74, 6) is 0.594. The summed E-state index contributed by atoms with van der Waals surface area (Å²) in [6, 6.07) is 7.22. The number of amides is 1. The first-order valence-corrected chi connectivity index (χ1v) is 7.47. The lowest BCUT2D eigenvalue weighted by molar-refractivity contribution is -0.131. The molecule has 1 amide bonds. The summed E-state index contributed by atoms with van der Waals surface area (Å²) in [5.41, 5.74) is 1.58. The molecule has 2 saturated carbocycles. The molecule has 0 spiro atoms. The molecule has 0 heterocycles. The Kier molecular flexibility index (Phi) is 3.78. The number of aliphatic carboxylic acids is 1. The van der Waals surface area contributed by atoms with E-state index in [9.17, 15) is 9.59 Å². The van der Waals surface area contributed by atoms with Crippen molar-refractivity contribution in [2.75, 3.05) is 5.32 Å². The van der Waals surface area contributed by atoms with Crippen LogP contribution < -0.4 is 5.32 Å². The number of carboxylic acids is 1. The molecule has 0 aliphatic heterocycles. The molecule has 2 fully saturated rings. The lowest BCUT2D eigenvalue weighted by Crippen LogP contribution is -2.15. The standard InChI is InChI=1S/C17H19NO3/c19-15(20)10-7-11-5-8-12(9-6-11)18-17(21)16-13-3-1-2-4-14(13)16/h5-10,13-14,16H,1-4H2,(H,18,21)(H,19,20)/b10-7+. The highest BCUT2D eigenvalue weighted by Gasteiger charge is 2.54. The maximum absolute atomic E-state index is 12.2. The number of carbonyl (C=O) groups is 2. The Morgan fingerprint density at radius 3 is 2.29 bits per heavy atom. The minimum absolute atomic E-state index is 0.140. The maximum Gasteiger partial charge on any atom is 0.328 e. The molecule has 2 N–H and O–H groups in total. The van der Waals surface area contributed by atoms with E-state index >= 15 is 0 Å². The normalized spacial score (nSPS) is 27.1. The Morgan fingerprint density at radius 2 is 1.71 bits per heavy atom. The number of benzene rings is 1. The van der Waals surface area contributed by atoms with Crippen LogP contribution in [0, 0.1) is 17.8 Å². The molecule has 4 heteroatoms. The van der Waals surface area contributed by atoms with Crippen molar-refractivity contribution < 1.29 is 14.7 Å². The summed E-state index contributed by atoms with van der Waals surface area (Å²) < 4.78 is 0.